The molecule has 0 spiro atoms. The van der Waals surface area contributed by atoms with E-state index in [9.17, 15) is 9.18 Å². The molecule has 0 saturated heterocycles. The first-order valence-corrected chi connectivity index (χ1v) is 7.52. The SMILES string of the molecule is CCOc1ccc(CNC(=O)COc2cccc(F)c2)cc1Cl. The third-order valence-corrected chi connectivity index (χ3v) is 3.25. The second-order valence-corrected chi connectivity index (χ2v) is 5.13. The highest BCUT2D eigenvalue weighted by molar-refractivity contribution is 6.32. The Morgan fingerprint density at radius 1 is 1.22 bits per heavy atom. The Hall–Kier alpha value is -2.27. The average Bonchev–Trinajstić information content (AvgIpc) is 2.53. The van der Waals surface area contributed by atoms with Crippen molar-refractivity contribution >= 4 is 17.5 Å². The molecule has 0 unspecified atom stereocenters. The van der Waals surface area contributed by atoms with Crippen LogP contribution in [-0.2, 0) is 11.3 Å². The molecule has 2 rings (SSSR count). The Morgan fingerprint density at radius 3 is 2.74 bits per heavy atom. The lowest BCUT2D eigenvalue weighted by Crippen LogP contribution is -2.28. The van der Waals surface area contributed by atoms with Gasteiger partial charge in [0.05, 0.1) is 11.6 Å². The van der Waals surface area contributed by atoms with Crippen molar-refractivity contribution < 1.29 is 18.7 Å². The minimum Gasteiger partial charge on any atom is -0.492 e. The molecule has 0 atom stereocenters. The highest BCUT2D eigenvalue weighted by Crippen LogP contribution is 2.25. The highest BCUT2D eigenvalue weighted by atomic mass is 35.5. The summed E-state index contributed by atoms with van der Waals surface area (Å²) in [6.07, 6.45) is 0. The first kappa shape index (κ1) is 17.1. The molecule has 0 fully saturated rings. The average molecular weight is 338 g/mol. The highest BCUT2D eigenvalue weighted by Gasteiger charge is 2.06. The van der Waals surface area contributed by atoms with Crippen LogP contribution in [0.3, 0.4) is 0 Å². The molecule has 23 heavy (non-hydrogen) atoms. The Kier molecular flexibility index (Phi) is 6.23. The van der Waals surface area contributed by atoms with Crippen molar-refractivity contribution in [3.63, 3.8) is 0 Å². The number of amides is 1. The molecule has 122 valence electrons. The van der Waals surface area contributed by atoms with Crippen LogP contribution in [0.1, 0.15) is 12.5 Å². The van der Waals surface area contributed by atoms with Crippen LogP contribution in [0, 0.1) is 5.82 Å². The summed E-state index contributed by atoms with van der Waals surface area (Å²) < 4.78 is 23.5. The lowest BCUT2D eigenvalue weighted by Gasteiger charge is -2.10. The quantitative estimate of drug-likeness (QED) is 0.840. The normalized spacial score (nSPS) is 10.2. The molecule has 0 radical (unpaired) electrons. The van der Waals surface area contributed by atoms with E-state index < -0.39 is 5.82 Å². The molecule has 2 aromatic rings. The van der Waals surface area contributed by atoms with Crippen molar-refractivity contribution in [1.82, 2.24) is 5.32 Å². The van der Waals surface area contributed by atoms with Gasteiger partial charge in [-0.25, -0.2) is 4.39 Å². The number of benzene rings is 2. The molecule has 0 heterocycles. The van der Waals surface area contributed by atoms with Gasteiger partial charge in [0.15, 0.2) is 6.61 Å². The predicted molar refractivity (Wildman–Crippen MR) is 86.4 cm³/mol. The predicted octanol–water partition coefficient (Wildman–Crippen LogP) is 3.57. The molecular weight excluding hydrogens is 321 g/mol. The summed E-state index contributed by atoms with van der Waals surface area (Å²) in [6.45, 7) is 2.54. The van der Waals surface area contributed by atoms with E-state index in [-0.39, 0.29) is 12.5 Å². The minimum atomic E-state index is -0.410. The summed E-state index contributed by atoms with van der Waals surface area (Å²) in [5.74, 6) is 0.203. The van der Waals surface area contributed by atoms with Gasteiger partial charge in [-0.15, -0.1) is 0 Å². The van der Waals surface area contributed by atoms with Crippen LogP contribution in [0.4, 0.5) is 4.39 Å². The van der Waals surface area contributed by atoms with Gasteiger partial charge in [-0.1, -0.05) is 23.7 Å². The lowest BCUT2D eigenvalue weighted by molar-refractivity contribution is -0.123. The fourth-order valence-electron chi connectivity index (χ4n) is 1.88. The Bertz CT molecular complexity index is 679. The van der Waals surface area contributed by atoms with Gasteiger partial charge in [-0.3, -0.25) is 4.79 Å². The number of carbonyl (C=O) groups excluding carboxylic acids is 1. The molecule has 0 aromatic heterocycles. The summed E-state index contributed by atoms with van der Waals surface area (Å²) in [4.78, 5) is 11.7. The minimum absolute atomic E-state index is 0.186. The van der Waals surface area contributed by atoms with Gasteiger partial charge < -0.3 is 14.8 Å². The number of nitrogens with one attached hydrogen (secondary N) is 1. The lowest BCUT2D eigenvalue weighted by atomic mass is 10.2. The number of hydrogen-bond donors (Lipinski definition) is 1. The summed E-state index contributed by atoms with van der Waals surface area (Å²) >= 11 is 6.08. The van der Waals surface area contributed by atoms with Crippen LogP contribution < -0.4 is 14.8 Å². The van der Waals surface area contributed by atoms with Crippen molar-refractivity contribution in [2.24, 2.45) is 0 Å². The van der Waals surface area contributed by atoms with Crippen molar-refractivity contribution in [3.05, 3.63) is 58.9 Å². The van der Waals surface area contributed by atoms with Crippen molar-refractivity contribution in [2.45, 2.75) is 13.5 Å². The smallest absolute Gasteiger partial charge is 0.258 e. The first-order chi connectivity index (χ1) is 11.1. The van der Waals surface area contributed by atoms with Crippen LogP contribution in [-0.4, -0.2) is 19.1 Å². The maximum Gasteiger partial charge on any atom is 0.258 e. The number of halogens is 2. The molecule has 4 nitrogen and oxygen atoms in total. The maximum atomic E-state index is 13.0. The van der Waals surface area contributed by atoms with E-state index in [0.29, 0.717) is 29.7 Å². The standard InChI is InChI=1S/C17H17ClFNO3/c1-2-22-16-7-6-12(8-15(16)18)10-20-17(21)11-23-14-5-3-4-13(19)9-14/h3-9H,2,10-11H2,1H3,(H,20,21). The van der Waals surface area contributed by atoms with E-state index >= 15 is 0 Å². The van der Waals surface area contributed by atoms with E-state index in [4.69, 9.17) is 21.1 Å². The largest absolute Gasteiger partial charge is 0.492 e. The van der Waals surface area contributed by atoms with Gasteiger partial charge in [-0.2, -0.15) is 0 Å². The molecule has 0 aliphatic carbocycles. The third-order valence-electron chi connectivity index (χ3n) is 2.95. The van der Waals surface area contributed by atoms with Gasteiger partial charge in [0.2, 0.25) is 0 Å². The van der Waals surface area contributed by atoms with E-state index in [1.807, 2.05) is 13.0 Å². The fourth-order valence-corrected chi connectivity index (χ4v) is 2.14. The molecule has 6 heteroatoms. The molecule has 1 N–H and O–H groups in total. The monoisotopic (exact) mass is 337 g/mol. The summed E-state index contributed by atoms with van der Waals surface area (Å²) in [6, 6.07) is 11.0. The second-order valence-electron chi connectivity index (χ2n) is 4.72. The summed E-state index contributed by atoms with van der Waals surface area (Å²) in [5.41, 5.74) is 0.845. The molecule has 0 aliphatic rings. The zero-order chi connectivity index (χ0) is 16.7. The molecular formula is C17H17ClFNO3. The van der Waals surface area contributed by atoms with Crippen LogP contribution in [0.5, 0.6) is 11.5 Å². The van der Waals surface area contributed by atoms with Crippen molar-refractivity contribution in [2.75, 3.05) is 13.2 Å². The van der Waals surface area contributed by atoms with Crippen molar-refractivity contribution in [3.8, 4) is 11.5 Å². The van der Waals surface area contributed by atoms with E-state index in [1.54, 1.807) is 18.2 Å². The third kappa shape index (κ3) is 5.45. The van der Waals surface area contributed by atoms with E-state index in [0.717, 1.165) is 5.56 Å². The zero-order valence-corrected chi connectivity index (χ0v) is 13.4. The van der Waals surface area contributed by atoms with Gasteiger partial charge in [-0.05, 0) is 36.8 Å². The summed E-state index contributed by atoms with van der Waals surface area (Å²) in [5, 5.41) is 3.20. The number of ether oxygens (including phenoxy) is 2. The molecule has 0 saturated carbocycles. The van der Waals surface area contributed by atoms with Crippen LogP contribution in [0.25, 0.3) is 0 Å². The Morgan fingerprint density at radius 2 is 2.04 bits per heavy atom. The molecule has 0 bridgehead atoms. The molecule has 1 amide bonds. The summed E-state index contributed by atoms with van der Waals surface area (Å²) in [7, 11) is 0. The first-order valence-electron chi connectivity index (χ1n) is 7.14. The second kappa shape index (κ2) is 8.39. The van der Waals surface area contributed by atoms with Gasteiger partial charge in [0.1, 0.15) is 17.3 Å². The van der Waals surface area contributed by atoms with Crippen LogP contribution >= 0.6 is 11.6 Å². The van der Waals surface area contributed by atoms with Crippen LogP contribution in [0.15, 0.2) is 42.5 Å². The molecule has 2 aromatic carbocycles. The fraction of sp³-hybridized carbons (Fsp3) is 0.235. The zero-order valence-electron chi connectivity index (χ0n) is 12.6. The van der Waals surface area contributed by atoms with Gasteiger partial charge in [0, 0.05) is 12.6 Å². The topological polar surface area (TPSA) is 47.6 Å². The van der Waals surface area contributed by atoms with Gasteiger partial charge >= 0.3 is 0 Å². The molecule has 0 aliphatic heterocycles. The number of rotatable bonds is 7. The van der Waals surface area contributed by atoms with Crippen LogP contribution in [0.2, 0.25) is 5.02 Å². The van der Waals surface area contributed by atoms with E-state index in [2.05, 4.69) is 5.32 Å². The van der Waals surface area contributed by atoms with Crippen molar-refractivity contribution in [1.29, 1.82) is 0 Å². The number of carbonyl (C=O) groups is 1. The van der Waals surface area contributed by atoms with E-state index in [1.165, 1.54) is 18.2 Å². The number of hydrogen-bond acceptors (Lipinski definition) is 3. The Labute approximate surface area is 139 Å². The Balaban J connectivity index is 1.81. The van der Waals surface area contributed by atoms with Gasteiger partial charge in [0.25, 0.3) is 5.91 Å². The maximum absolute atomic E-state index is 13.0.